The molecule has 0 spiro atoms. The monoisotopic (exact) mass is 221 g/mol. The molecule has 0 rings (SSSR count). The van der Waals surface area contributed by atoms with Gasteiger partial charge in [0.05, 0.1) is 18.6 Å². The number of esters is 1. The van der Waals surface area contributed by atoms with Gasteiger partial charge < -0.3 is 14.9 Å². The molecule has 0 saturated carbocycles. The maximum atomic E-state index is 10.8. The van der Waals surface area contributed by atoms with Crippen molar-refractivity contribution in [2.24, 2.45) is 5.41 Å². The molecule has 0 aliphatic rings. The van der Waals surface area contributed by atoms with Crippen molar-refractivity contribution in [2.45, 2.75) is 13.3 Å². The van der Waals surface area contributed by atoms with E-state index in [9.17, 15) is 14.9 Å². The number of nitrogens with zero attached hydrogens (tertiary/aromatic N) is 1. The fraction of sp³-hybridized carbons (Fsp3) is 0.875. The van der Waals surface area contributed by atoms with Gasteiger partial charge in [-0.2, -0.15) is 0 Å². The lowest BCUT2D eigenvalue weighted by molar-refractivity contribution is -0.470. The van der Waals surface area contributed by atoms with Crippen molar-refractivity contribution in [1.29, 1.82) is 0 Å². The predicted molar refractivity (Wildman–Crippen MR) is 49.7 cm³/mol. The SMILES string of the molecule is CCC(CO)(CO)COC(=O)C[N+](=O)[O-]. The van der Waals surface area contributed by atoms with Gasteiger partial charge in [0.1, 0.15) is 6.61 Å². The molecule has 0 aliphatic heterocycles. The quantitative estimate of drug-likeness (QED) is 0.330. The minimum Gasteiger partial charge on any atom is -0.460 e. The van der Waals surface area contributed by atoms with Crippen molar-refractivity contribution in [3.8, 4) is 0 Å². The molecule has 0 aromatic carbocycles. The second-order valence-electron chi connectivity index (χ2n) is 3.32. The predicted octanol–water partition coefficient (Wildman–Crippen LogP) is -0.813. The Labute approximate surface area is 86.8 Å². The highest BCUT2D eigenvalue weighted by Crippen LogP contribution is 2.20. The fourth-order valence-electron chi connectivity index (χ4n) is 0.852. The minimum absolute atomic E-state index is 0.219. The highest BCUT2D eigenvalue weighted by Gasteiger charge is 2.29. The lowest BCUT2D eigenvalue weighted by Crippen LogP contribution is -2.36. The molecule has 7 nitrogen and oxygen atoms in total. The van der Waals surface area contributed by atoms with Crippen LogP contribution in [-0.2, 0) is 9.53 Å². The summed E-state index contributed by atoms with van der Waals surface area (Å²) in [4.78, 5) is 20.0. The van der Waals surface area contributed by atoms with E-state index < -0.39 is 22.9 Å². The number of ether oxygens (including phenoxy) is 1. The molecule has 0 unspecified atom stereocenters. The van der Waals surface area contributed by atoms with Crippen LogP contribution in [0.1, 0.15) is 13.3 Å². The molecule has 0 aliphatic carbocycles. The highest BCUT2D eigenvalue weighted by molar-refractivity contribution is 5.70. The number of carbonyl (C=O) groups is 1. The molecule has 0 atom stereocenters. The summed E-state index contributed by atoms with van der Waals surface area (Å²) in [6.07, 6.45) is 0.408. The summed E-state index contributed by atoms with van der Waals surface area (Å²) in [5.41, 5.74) is -0.910. The molecule has 0 radical (unpaired) electrons. The maximum Gasteiger partial charge on any atom is 0.378 e. The van der Waals surface area contributed by atoms with Crippen LogP contribution >= 0.6 is 0 Å². The minimum atomic E-state index is -0.972. The van der Waals surface area contributed by atoms with Crippen LogP contribution in [-0.4, -0.2) is 47.5 Å². The average molecular weight is 221 g/mol. The largest absolute Gasteiger partial charge is 0.460 e. The summed E-state index contributed by atoms with van der Waals surface area (Å²) in [5.74, 6) is -0.972. The molecule has 0 heterocycles. The number of rotatable bonds is 7. The Kier molecular flexibility index (Phi) is 5.80. The summed E-state index contributed by atoms with van der Waals surface area (Å²) in [6.45, 7) is -0.0922. The van der Waals surface area contributed by atoms with Crippen LogP contribution in [0.4, 0.5) is 0 Å². The van der Waals surface area contributed by atoms with Crippen molar-refractivity contribution in [2.75, 3.05) is 26.4 Å². The lowest BCUT2D eigenvalue weighted by atomic mass is 9.88. The summed E-state index contributed by atoms with van der Waals surface area (Å²) < 4.78 is 4.59. The Bertz CT molecular complexity index is 217. The standard InChI is InChI=1S/C8H15NO6/c1-2-8(4-10,5-11)6-15-7(12)3-9(13)14/h10-11H,2-6H2,1H3. The second-order valence-corrected chi connectivity index (χ2v) is 3.32. The van der Waals surface area contributed by atoms with Crippen LogP contribution in [0.3, 0.4) is 0 Å². The van der Waals surface area contributed by atoms with E-state index in [-0.39, 0.29) is 19.8 Å². The Morgan fingerprint density at radius 1 is 1.47 bits per heavy atom. The summed E-state index contributed by atoms with van der Waals surface area (Å²) in [7, 11) is 0. The van der Waals surface area contributed by atoms with Gasteiger partial charge in [0, 0.05) is 4.92 Å². The first-order valence-electron chi connectivity index (χ1n) is 4.49. The van der Waals surface area contributed by atoms with Crippen LogP contribution < -0.4 is 0 Å². The number of carbonyl (C=O) groups excluding carboxylic acids is 1. The van der Waals surface area contributed by atoms with Crippen molar-refractivity contribution < 1.29 is 24.7 Å². The van der Waals surface area contributed by atoms with Gasteiger partial charge in [-0.15, -0.1) is 0 Å². The normalized spacial score (nSPS) is 11.1. The first-order chi connectivity index (χ1) is 6.99. The molecule has 0 bridgehead atoms. The Morgan fingerprint density at radius 3 is 2.33 bits per heavy atom. The van der Waals surface area contributed by atoms with Crippen molar-refractivity contribution in [1.82, 2.24) is 0 Å². The van der Waals surface area contributed by atoms with Crippen LogP contribution in [0, 0.1) is 15.5 Å². The van der Waals surface area contributed by atoms with Gasteiger partial charge in [0.2, 0.25) is 0 Å². The van der Waals surface area contributed by atoms with Gasteiger partial charge in [-0.05, 0) is 6.42 Å². The van der Waals surface area contributed by atoms with Gasteiger partial charge in [-0.25, -0.2) is 4.79 Å². The second kappa shape index (κ2) is 6.31. The number of hydrogen-bond donors (Lipinski definition) is 2. The van der Waals surface area contributed by atoms with Crippen LogP contribution in [0.25, 0.3) is 0 Å². The molecule has 0 aromatic heterocycles. The summed E-state index contributed by atoms with van der Waals surface area (Å²) in [6, 6.07) is 0. The van der Waals surface area contributed by atoms with Gasteiger partial charge >= 0.3 is 5.97 Å². The van der Waals surface area contributed by atoms with Gasteiger partial charge in [0.15, 0.2) is 0 Å². The van der Waals surface area contributed by atoms with Gasteiger partial charge in [0.25, 0.3) is 6.54 Å². The van der Waals surface area contributed by atoms with E-state index in [0.29, 0.717) is 6.42 Å². The van der Waals surface area contributed by atoms with Crippen molar-refractivity contribution in [3.63, 3.8) is 0 Å². The first kappa shape index (κ1) is 13.8. The number of hydrogen-bond acceptors (Lipinski definition) is 6. The molecule has 0 amide bonds. The smallest absolute Gasteiger partial charge is 0.378 e. The Morgan fingerprint density at radius 2 is 2.00 bits per heavy atom. The van der Waals surface area contributed by atoms with Gasteiger partial charge in [-0.1, -0.05) is 6.92 Å². The zero-order chi connectivity index (χ0) is 11.9. The molecule has 0 fully saturated rings. The fourth-order valence-corrected chi connectivity index (χ4v) is 0.852. The Hall–Kier alpha value is -1.21. The van der Waals surface area contributed by atoms with E-state index >= 15 is 0 Å². The van der Waals surface area contributed by atoms with Gasteiger partial charge in [-0.3, -0.25) is 10.1 Å². The molecular formula is C8H15NO6. The summed E-state index contributed by atoms with van der Waals surface area (Å²) in [5, 5.41) is 27.9. The first-order valence-corrected chi connectivity index (χ1v) is 4.49. The molecule has 15 heavy (non-hydrogen) atoms. The molecular weight excluding hydrogens is 206 g/mol. The van der Waals surface area contributed by atoms with E-state index in [2.05, 4.69) is 4.74 Å². The molecule has 0 aromatic rings. The molecule has 2 N–H and O–H groups in total. The molecule has 7 heteroatoms. The third kappa shape index (κ3) is 4.71. The van der Waals surface area contributed by atoms with E-state index in [1.165, 1.54) is 0 Å². The van der Waals surface area contributed by atoms with E-state index in [1.54, 1.807) is 6.92 Å². The molecule has 88 valence electrons. The van der Waals surface area contributed by atoms with Crippen LogP contribution in [0.15, 0.2) is 0 Å². The number of aliphatic hydroxyl groups excluding tert-OH is 2. The van der Waals surface area contributed by atoms with E-state index in [1.807, 2.05) is 0 Å². The van der Waals surface area contributed by atoms with Crippen molar-refractivity contribution in [3.05, 3.63) is 10.1 Å². The molecule has 0 saturated heterocycles. The topological polar surface area (TPSA) is 110 Å². The van der Waals surface area contributed by atoms with E-state index in [0.717, 1.165) is 0 Å². The lowest BCUT2D eigenvalue weighted by Gasteiger charge is -2.27. The van der Waals surface area contributed by atoms with E-state index in [4.69, 9.17) is 10.2 Å². The Balaban J connectivity index is 4.10. The van der Waals surface area contributed by atoms with Crippen LogP contribution in [0.5, 0.6) is 0 Å². The zero-order valence-corrected chi connectivity index (χ0v) is 8.51. The number of aliphatic hydroxyl groups is 2. The number of nitro groups is 1. The highest BCUT2D eigenvalue weighted by atomic mass is 16.6. The average Bonchev–Trinajstić information content (AvgIpc) is 2.20. The third-order valence-electron chi connectivity index (χ3n) is 2.22. The third-order valence-corrected chi connectivity index (χ3v) is 2.22. The van der Waals surface area contributed by atoms with Crippen LogP contribution in [0.2, 0.25) is 0 Å². The van der Waals surface area contributed by atoms with Crippen molar-refractivity contribution >= 4 is 5.97 Å². The summed E-state index contributed by atoms with van der Waals surface area (Å²) >= 11 is 0. The maximum absolute atomic E-state index is 10.8. The zero-order valence-electron chi connectivity index (χ0n) is 8.51.